The second-order valence-electron chi connectivity index (χ2n) is 1.46. The van der Waals surface area contributed by atoms with E-state index in [1.807, 2.05) is 12.2 Å². The summed E-state index contributed by atoms with van der Waals surface area (Å²) in [6.07, 6.45) is 7.64. The number of hydrogen-bond donors (Lipinski definition) is 0. The number of carbonyl (C=O) groups is 1. The molecule has 0 saturated heterocycles. The van der Waals surface area contributed by atoms with Gasteiger partial charge in [-0.05, 0) is 6.08 Å². The Kier molecular flexibility index (Phi) is 48.9. The van der Waals surface area contributed by atoms with Crippen molar-refractivity contribution in [3.05, 3.63) is 44.3 Å². The van der Waals surface area contributed by atoms with E-state index in [1.54, 1.807) is 12.2 Å². The first-order valence-corrected chi connectivity index (χ1v) is 2.87. The predicted octanol–water partition coefficient (Wildman–Crippen LogP) is 0.957. The van der Waals surface area contributed by atoms with Crippen LogP contribution in [0.2, 0.25) is 0 Å². The third-order valence-electron chi connectivity index (χ3n) is 0.848. The van der Waals surface area contributed by atoms with Crippen LogP contribution < -0.4 is 0 Å². The maximum absolute atomic E-state index is 10.3. The van der Waals surface area contributed by atoms with Gasteiger partial charge in [-0.3, -0.25) is 4.79 Å². The van der Waals surface area contributed by atoms with Crippen molar-refractivity contribution in [1.29, 1.82) is 0 Å². The Hall–Kier alpha value is -1.11. The summed E-state index contributed by atoms with van der Waals surface area (Å²) < 4.78 is 22.5. The van der Waals surface area contributed by atoms with Crippen LogP contribution in [0, 0.1) is 20.0 Å². The third-order valence-corrected chi connectivity index (χ3v) is 0.848. The van der Waals surface area contributed by atoms with Gasteiger partial charge in [-0.15, -0.1) is 0 Å². The van der Waals surface area contributed by atoms with E-state index in [9.17, 15) is 4.79 Å². The van der Waals surface area contributed by atoms with Gasteiger partial charge in [0.2, 0.25) is 0 Å². The average molecular weight is 234 g/mol. The van der Waals surface area contributed by atoms with E-state index in [4.69, 9.17) is 14.0 Å². The van der Waals surface area contributed by atoms with Gasteiger partial charge in [-0.25, -0.2) is 0 Å². The van der Waals surface area contributed by atoms with Gasteiger partial charge in [0.05, 0.1) is 0 Å². The number of rotatable bonds is 0. The standard InChI is InChI=1S/C6H6O.3CO.Fe/c7-6-4-2-1-3-5-6;3*1-2;/h1-4H,5H2;;;;. The molecule has 14 heavy (non-hydrogen) atoms. The molecule has 5 heteroatoms. The molecule has 0 saturated carbocycles. The Morgan fingerprint density at radius 3 is 1.57 bits per heavy atom. The molecule has 0 spiro atoms. The van der Waals surface area contributed by atoms with Crippen LogP contribution in [0.15, 0.2) is 24.3 Å². The van der Waals surface area contributed by atoms with Gasteiger partial charge in [-0.1, -0.05) is 18.2 Å². The summed E-state index contributed by atoms with van der Waals surface area (Å²) in [4.78, 5) is 10.3. The largest absolute Gasteiger partial charge is 0 e. The van der Waals surface area contributed by atoms with Gasteiger partial charge in [0.25, 0.3) is 0 Å². The first kappa shape index (κ1) is 23.1. The molecule has 1 aliphatic carbocycles. The molecule has 0 amide bonds. The molecule has 0 aromatic carbocycles. The quantitative estimate of drug-likeness (QED) is 0.349. The first-order chi connectivity index (χ1) is 6.39. The molecule has 0 N–H and O–H groups in total. The van der Waals surface area contributed by atoms with Crippen molar-refractivity contribution in [2.45, 2.75) is 6.42 Å². The van der Waals surface area contributed by atoms with Crippen molar-refractivity contribution in [1.82, 2.24) is 0 Å². The molecule has 0 aliphatic heterocycles. The fraction of sp³-hybridized carbons (Fsp3) is 0.111. The number of carbonyl (C=O) groups excluding carboxylic acids is 1. The molecule has 0 heterocycles. The van der Waals surface area contributed by atoms with E-state index in [-0.39, 0.29) is 22.9 Å². The maximum atomic E-state index is 10.3. The fourth-order valence-corrected chi connectivity index (χ4v) is 0.494. The smallest absolute Gasteiger partial charge is 0 e. The predicted molar refractivity (Wildman–Crippen MR) is 39.7 cm³/mol. The molecule has 0 unspecified atom stereocenters. The molecular weight excluding hydrogens is 228 g/mol. The summed E-state index contributed by atoms with van der Waals surface area (Å²) in [7, 11) is 0. The van der Waals surface area contributed by atoms with E-state index in [1.165, 1.54) is 0 Å². The molecule has 0 atom stereocenters. The van der Waals surface area contributed by atoms with Crippen LogP contribution in [0.4, 0.5) is 0 Å². The summed E-state index contributed by atoms with van der Waals surface area (Å²) in [5.74, 6) is 0.197. The van der Waals surface area contributed by atoms with E-state index in [0.29, 0.717) is 6.42 Å². The van der Waals surface area contributed by atoms with Crippen molar-refractivity contribution in [2.75, 3.05) is 0 Å². The van der Waals surface area contributed by atoms with E-state index in [0.717, 1.165) is 0 Å². The van der Waals surface area contributed by atoms with Gasteiger partial charge >= 0.3 is 33.9 Å². The molecule has 74 valence electrons. The number of allylic oxidation sites excluding steroid dienone is 4. The normalized spacial score (nSPS) is 9.43. The van der Waals surface area contributed by atoms with E-state index >= 15 is 0 Å². The summed E-state index contributed by atoms with van der Waals surface area (Å²) in [5, 5.41) is 0. The van der Waals surface area contributed by atoms with Gasteiger partial charge in [0, 0.05) is 23.5 Å². The monoisotopic (exact) mass is 234 g/mol. The Balaban J connectivity index is -0.0000000625. The van der Waals surface area contributed by atoms with Crippen molar-refractivity contribution in [2.24, 2.45) is 0 Å². The van der Waals surface area contributed by atoms with Gasteiger partial charge in [-0.2, -0.15) is 0 Å². The van der Waals surface area contributed by atoms with Gasteiger partial charge in [0.15, 0.2) is 5.78 Å². The summed E-state index contributed by atoms with van der Waals surface area (Å²) in [6.45, 7) is 13.5. The number of hydrogen-bond acceptors (Lipinski definition) is 1. The summed E-state index contributed by atoms with van der Waals surface area (Å²) in [6, 6.07) is 0. The van der Waals surface area contributed by atoms with Crippen LogP contribution in [0.25, 0.3) is 0 Å². The SMILES string of the molecule is O=C1C=CC=CC1.[C-]#[O+].[C-]#[O+].[C-]#[O+].[Fe]. The first-order valence-electron chi connectivity index (χ1n) is 2.87. The third kappa shape index (κ3) is 22.4. The van der Waals surface area contributed by atoms with Crippen LogP contribution in [0.1, 0.15) is 6.42 Å². The molecule has 4 nitrogen and oxygen atoms in total. The molecule has 1 rings (SSSR count). The van der Waals surface area contributed by atoms with Crippen LogP contribution >= 0.6 is 0 Å². The van der Waals surface area contributed by atoms with Crippen LogP contribution in [-0.4, -0.2) is 5.78 Å². The Morgan fingerprint density at radius 2 is 1.43 bits per heavy atom. The zero-order valence-electron chi connectivity index (χ0n) is 7.00. The van der Waals surface area contributed by atoms with E-state index in [2.05, 4.69) is 20.0 Å². The minimum Gasteiger partial charge on any atom is 0 e. The topological polar surface area (TPSA) is 76.8 Å². The molecule has 1 aliphatic rings. The van der Waals surface area contributed by atoms with Crippen molar-refractivity contribution in [3.63, 3.8) is 0 Å². The van der Waals surface area contributed by atoms with Crippen molar-refractivity contribution in [3.8, 4) is 0 Å². The summed E-state index contributed by atoms with van der Waals surface area (Å²) in [5.41, 5.74) is 0. The van der Waals surface area contributed by atoms with E-state index < -0.39 is 0 Å². The second-order valence-corrected chi connectivity index (χ2v) is 1.46. The molecule has 0 radical (unpaired) electrons. The Bertz CT molecular complexity index is 221. The average Bonchev–Trinajstić information content (AvgIpc) is 2.28. The molecule has 0 aromatic rings. The van der Waals surface area contributed by atoms with Crippen LogP contribution in [0.5, 0.6) is 0 Å². The van der Waals surface area contributed by atoms with Crippen LogP contribution in [-0.2, 0) is 35.8 Å². The van der Waals surface area contributed by atoms with Crippen LogP contribution in [0.3, 0.4) is 0 Å². The Labute approximate surface area is 92.7 Å². The summed E-state index contributed by atoms with van der Waals surface area (Å²) >= 11 is 0. The molecular formula is C9H6FeO4. The van der Waals surface area contributed by atoms with Crippen molar-refractivity contribution < 1.29 is 35.8 Å². The number of ketones is 1. The zero-order chi connectivity index (χ0) is 11.1. The molecule has 0 aromatic heterocycles. The second kappa shape index (κ2) is 29.7. The Morgan fingerprint density at radius 1 is 1.00 bits per heavy atom. The van der Waals surface area contributed by atoms with Gasteiger partial charge in [0.1, 0.15) is 0 Å². The zero-order valence-corrected chi connectivity index (χ0v) is 8.11. The molecule has 0 bridgehead atoms. The minimum absolute atomic E-state index is 0. The van der Waals surface area contributed by atoms with Gasteiger partial charge < -0.3 is 0 Å². The minimum atomic E-state index is 0. The molecule has 0 fully saturated rings. The fourth-order valence-electron chi connectivity index (χ4n) is 0.494. The maximum Gasteiger partial charge on any atom is 0 e. The van der Waals surface area contributed by atoms with Crippen molar-refractivity contribution >= 4 is 5.78 Å².